The van der Waals surface area contributed by atoms with Gasteiger partial charge in [-0.25, -0.2) is 0 Å². The van der Waals surface area contributed by atoms with Gasteiger partial charge in [0.15, 0.2) is 0 Å². The molecule has 3 unspecified atom stereocenters. The summed E-state index contributed by atoms with van der Waals surface area (Å²) in [5.41, 5.74) is 1.72. The smallest absolute Gasteiger partial charge is 0.0624 e. The summed E-state index contributed by atoms with van der Waals surface area (Å²) in [7, 11) is 2.14. The summed E-state index contributed by atoms with van der Waals surface area (Å²) in [5.74, 6) is 0.975. The highest BCUT2D eigenvalue weighted by Crippen LogP contribution is 2.70. The van der Waals surface area contributed by atoms with E-state index >= 15 is 0 Å². The van der Waals surface area contributed by atoms with E-state index in [1.807, 2.05) is 0 Å². The molecule has 2 nitrogen and oxygen atoms in total. The van der Waals surface area contributed by atoms with Crippen molar-refractivity contribution < 1.29 is 4.74 Å². The van der Waals surface area contributed by atoms with Gasteiger partial charge >= 0.3 is 0 Å². The van der Waals surface area contributed by atoms with Gasteiger partial charge in [-0.05, 0) is 74.2 Å². The van der Waals surface area contributed by atoms with Crippen LogP contribution in [0.3, 0.4) is 0 Å². The number of likely N-dealkylation sites (N-methyl/N-ethyl adjacent to an activating group) is 1. The molecule has 3 atom stereocenters. The first kappa shape index (κ1) is 14.8. The molecule has 0 heterocycles. The molecule has 116 valence electrons. The predicted octanol–water partition coefficient (Wildman–Crippen LogP) is 4.00. The van der Waals surface area contributed by atoms with Gasteiger partial charge in [0, 0.05) is 12.6 Å². The van der Waals surface area contributed by atoms with Gasteiger partial charge in [0.1, 0.15) is 0 Å². The van der Waals surface area contributed by atoms with Crippen LogP contribution < -0.4 is 5.32 Å². The molecule has 20 heavy (non-hydrogen) atoms. The van der Waals surface area contributed by atoms with Crippen molar-refractivity contribution in [3.8, 4) is 0 Å². The summed E-state index contributed by atoms with van der Waals surface area (Å²) in [4.78, 5) is 0. The highest BCUT2D eigenvalue weighted by Gasteiger charge is 2.61. The zero-order chi connectivity index (χ0) is 14.4. The summed E-state index contributed by atoms with van der Waals surface area (Å²) in [6, 6.07) is 0.552. The molecule has 0 aromatic carbocycles. The Bertz CT molecular complexity index is 348. The van der Waals surface area contributed by atoms with Crippen molar-refractivity contribution in [2.24, 2.45) is 22.2 Å². The Morgan fingerprint density at radius 1 is 1.10 bits per heavy atom. The molecule has 4 rings (SSSR count). The van der Waals surface area contributed by atoms with E-state index in [4.69, 9.17) is 4.74 Å². The maximum atomic E-state index is 5.93. The molecule has 0 saturated heterocycles. The number of hydrogen-bond donors (Lipinski definition) is 1. The number of nitrogens with one attached hydrogen (secondary N) is 1. The van der Waals surface area contributed by atoms with Gasteiger partial charge in [-0.15, -0.1) is 0 Å². The largest absolute Gasteiger partial charge is 0.380 e. The number of hydrogen-bond acceptors (Lipinski definition) is 2. The topological polar surface area (TPSA) is 21.3 Å². The average molecular weight is 279 g/mol. The molecule has 0 aromatic heterocycles. The van der Waals surface area contributed by atoms with E-state index < -0.39 is 0 Å². The fraction of sp³-hybridized carbons (Fsp3) is 1.00. The standard InChI is InChI=1S/C18H33NO/c1-5-6-20-10-15(19-4)18-9-14-7-16(2,12-18)11-17(3,8-14)13-18/h14-15,19H,5-13H2,1-4H3. The Morgan fingerprint density at radius 3 is 2.25 bits per heavy atom. The van der Waals surface area contributed by atoms with Crippen LogP contribution in [0, 0.1) is 22.2 Å². The van der Waals surface area contributed by atoms with E-state index in [2.05, 4.69) is 33.1 Å². The van der Waals surface area contributed by atoms with E-state index in [0.29, 0.717) is 22.3 Å². The van der Waals surface area contributed by atoms with Crippen LogP contribution in [0.15, 0.2) is 0 Å². The van der Waals surface area contributed by atoms with Crippen molar-refractivity contribution in [2.45, 2.75) is 71.8 Å². The number of ether oxygens (including phenoxy) is 1. The Morgan fingerprint density at radius 2 is 1.75 bits per heavy atom. The third-order valence-corrected chi connectivity index (χ3v) is 6.39. The lowest BCUT2D eigenvalue weighted by Crippen LogP contribution is -2.62. The minimum absolute atomic E-state index is 0.505. The quantitative estimate of drug-likeness (QED) is 0.742. The Kier molecular flexibility index (Phi) is 3.70. The van der Waals surface area contributed by atoms with Crippen LogP contribution in [0.5, 0.6) is 0 Å². The zero-order valence-corrected chi connectivity index (χ0v) is 13.9. The highest BCUT2D eigenvalue weighted by molar-refractivity contribution is 5.13. The second-order valence-electron chi connectivity index (χ2n) is 8.91. The predicted molar refractivity (Wildman–Crippen MR) is 83.8 cm³/mol. The minimum Gasteiger partial charge on any atom is -0.380 e. The maximum Gasteiger partial charge on any atom is 0.0624 e. The fourth-order valence-corrected chi connectivity index (χ4v) is 6.84. The van der Waals surface area contributed by atoms with Gasteiger partial charge in [0.25, 0.3) is 0 Å². The van der Waals surface area contributed by atoms with Crippen LogP contribution in [0.25, 0.3) is 0 Å². The summed E-state index contributed by atoms with van der Waals surface area (Å²) in [5, 5.41) is 3.63. The summed E-state index contributed by atoms with van der Waals surface area (Å²) in [6.45, 7) is 9.13. The van der Waals surface area contributed by atoms with Crippen molar-refractivity contribution >= 4 is 0 Å². The molecule has 4 bridgehead atoms. The molecule has 0 aromatic rings. The second kappa shape index (κ2) is 4.98. The SMILES string of the molecule is CCCOCC(NC)C12CC3CC(C)(CC(C)(C3)C1)C2. The first-order valence-electron chi connectivity index (χ1n) is 8.68. The van der Waals surface area contributed by atoms with E-state index in [1.54, 1.807) is 0 Å². The summed E-state index contributed by atoms with van der Waals surface area (Å²) < 4.78 is 5.93. The molecule has 1 N–H and O–H groups in total. The van der Waals surface area contributed by atoms with Crippen molar-refractivity contribution in [2.75, 3.05) is 20.3 Å². The van der Waals surface area contributed by atoms with Crippen LogP contribution in [0.2, 0.25) is 0 Å². The maximum absolute atomic E-state index is 5.93. The van der Waals surface area contributed by atoms with Crippen LogP contribution in [-0.2, 0) is 4.74 Å². The van der Waals surface area contributed by atoms with E-state index in [1.165, 1.54) is 38.5 Å². The van der Waals surface area contributed by atoms with Gasteiger partial charge in [0.2, 0.25) is 0 Å². The van der Waals surface area contributed by atoms with Crippen molar-refractivity contribution in [1.29, 1.82) is 0 Å². The Hall–Kier alpha value is -0.0800. The normalized spacial score (nSPS) is 47.7. The molecular weight excluding hydrogens is 246 g/mol. The molecule has 0 radical (unpaired) electrons. The molecule has 0 spiro atoms. The van der Waals surface area contributed by atoms with Gasteiger partial charge < -0.3 is 10.1 Å². The summed E-state index contributed by atoms with van der Waals surface area (Å²) >= 11 is 0. The van der Waals surface area contributed by atoms with Gasteiger partial charge in [-0.1, -0.05) is 20.8 Å². The van der Waals surface area contributed by atoms with Crippen molar-refractivity contribution in [1.82, 2.24) is 5.32 Å². The van der Waals surface area contributed by atoms with Crippen LogP contribution in [0.4, 0.5) is 0 Å². The molecule has 2 heteroatoms. The van der Waals surface area contributed by atoms with E-state index in [9.17, 15) is 0 Å². The van der Waals surface area contributed by atoms with Crippen molar-refractivity contribution in [3.05, 3.63) is 0 Å². The zero-order valence-electron chi connectivity index (χ0n) is 13.9. The van der Waals surface area contributed by atoms with E-state index in [-0.39, 0.29) is 0 Å². The Labute approximate surface area is 125 Å². The Balaban J connectivity index is 1.80. The average Bonchev–Trinajstić information content (AvgIpc) is 2.29. The van der Waals surface area contributed by atoms with Gasteiger partial charge in [-0.2, -0.15) is 0 Å². The van der Waals surface area contributed by atoms with Gasteiger partial charge in [-0.3, -0.25) is 0 Å². The second-order valence-corrected chi connectivity index (χ2v) is 8.91. The first-order chi connectivity index (χ1) is 9.43. The molecule has 0 amide bonds. The molecule has 4 aliphatic rings. The minimum atomic E-state index is 0.505. The number of rotatable bonds is 6. The lowest BCUT2D eigenvalue weighted by atomic mass is 9.39. The van der Waals surface area contributed by atoms with E-state index in [0.717, 1.165) is 25.6 Å². The molecule has 4 fully saturated rings. The first-order valence-corrected chi connectivity index (χ1v) is 8.68. The highest BCUT2D eigenvalue weighted by atomic mass is 16.5. The molecule has 4 aliphatic carbocycles. The van der Waals surface area contributed by atoms with Crippen LogP contribution in [0.1, 0.15) is 65.7 Å². The monoisotopic (exact) mass is 279 g/mol. The lowest BCUT2D eigenvalue weighted by molar-refractivity contribution is -0.163. The third kappa shape index (κ3) is 2.43. The summed E-state index contributed by atoms with van der Waals surface area (Å²) in [6.07, 6.45) is 9.85. The molecular formula is C18H33NO. The lowest BCUT2D eigenvalue weighted by Gasteiger charge is -2.67. The van der Waals surface area contributed by atoms with Gasteiger partial charge in [0.05, 0.1) is 6.61 Å². The molecule has 0 aliphatic heterocycles. The third-order valence-electron chi connectivity index (χ3n) is 6.39. The van der Waals surface area contributed by atoms with Crippen LogP contribution >= 0.6 is 0 Å². The van der Waals surface area contributed by atoms with Crippen molar-refractivity contribution in [3.63, 3.8) is 0 Å². The van der Waals surface area contributed by atoms with Crippen LogP contribution in [-0.4, -0.2) is 26.3 Å². The fourth-order valence-electron chi connectivity index (χ4n) is 6.84. The molecule has 4 saturated carbocycles.